The summed E-state index contributed by atoms with van der Waals surface area (Å²) >= 11 is 0. The second kappa shape index (κ2) is 12.8. The van der Waals surface area contributed by atoms with Gasteiger partial charge in [-0.25, -0.2) is 0 Å². The molecule has 3 aliphatic rings. The number of anilines is 1. The van der Waals surface area contributed by atoms with Crippen LogP contribution >= 0.6 is 12.4 Å². The van der Waals surface area contributed by atoms with E-state index in [9.17, 15) is 14.4 Å². The number of carbonyl (C=O) groups is 3. The molecule has 2 atom stereocenters. The number of hydrogen-bond donors (Lipinski definition) is 2. The lowest BCUT2D eigenvalue weighted by atomic mass is 10.0. The number of fused-ring (bicyclic) bond motifs is 1. The van der Waals surface area contributed by atoms with Crippen molar-refractivity contribution in [2.45, 2.75) is 51.2 Å². The number of rotatable bonds is 9. The highest BCUT2D eigenvalue weighted by molar-refractivity contribution is 6.05. The predicted molar refractivity (Wildman–Crippen MR) is 152 cm³/mol. The monoisotopic (exact) mass is 555 g/mol. The topological polar surface area (TPSA) is 108 Å². The molecule has 3 aliphatic heterocycles. The summed E-state index contributed by atoms with van der Waals surface area (Å²) < 4.78 is 5.87. The maximum atomic E-state index is 12.9. The van der Waals surface area contributed by atoms with Gasteiger partial charge in [-0.05, 0) is 74.2 Å². The van der Waals surface area contributed by atoms with Crippen LogP contribution in [0.1, 0.15) is 60.1 Å². The van der Waals surface area contributed by atoms with Gasteiger partial charge in [0.1, 0.15) is 11.8 Å². The van der Waals surface area contributed by atoms with Crippen molar-refractivity contribution in [1.82, 2.24) is 15.1 Å². The second-order valence-electron chi connectivity index (χ2n) is 10.5. The molecule has 2 saturated heterocycles. The highest BCUT2D eigenvalue weighted by atomic mass is 35.5. The fourth-order valence-corrected chi connectivity index (χ4v) is 5.48. The average molecular weight is 556 g/mol. The van der Waals surface area contributed by atoms with Crippen molar-refractivity contribution < 1.29 is 19.1 Å². The Morgan fingerprint density at radius 3 is 2.46 bits per heavy atom. The maximum Gasteiger partial charge on any atom is 0.255 e. The first-order valence-electron chi connectivity index (χ1n) is 13.6. The van der Waals surface area contributed by atoms with Crippen LogP contribution in [0.15, 0.2) is 42.5 Å². The molecule has 39 heavy (non-hydrogen) atoms. The van der Waals surface area contributed by atoms with E-state index < -0.39 is 6.04 Å². The summed E-state index contributed by atoms with van der Waals surface area (Å²) in [7, 11) is 0. The van der Waals surface area contributed by atoms with Crippen LogP contribution < -0.4 is 20.7 Å². The SMILES string of the molecule is CC(N)c1ccc(OCCCCN2CCN(c3ccc4c(c3)CN(C3CCC(=O)NC3=O)C4=O)CC2)cc1.Cl. The summed E-state index contributed by atoms with van der Waals surface area (Å²) in [6, 6.07) is 13.5. The molecular weight excluding hydrogens is 518 g/mol. The number of amides is 3. The van der Waals surface area contributed by atoms with Crippen LogP contribution in [0, 0.1) is 0 Å². The zero-order valence-electron chi connectivity index (χ0n) is 22.4. The Morgan fingerprint density at radius 2 is 1.77 bits per heavy atom. The van der Waals surface area contributed by atoms with E-state index in [0.717, 1.165) is 68.1 Å². The predicted octanol–water partition coefficient (Wildman–Crippen LogP) is 2.87. The van der Waals surface area contributed by atoms with E-state index in [1.54, 1.807) is 4.90 Å². The normalized spacial score (nSPS) is 20.4. The van der Waals surface area contributed by atoms with E-state index in [4.69, 9.17) is 10.5 Å². The van der Waals surface area contributed by atoms with E-state index in [1.165, 1.54) is 0 Å². The molecular formula is C29H38ClN5O4. The minimum absolute atomic E-state index is 0. The first kappa shape index (κ1) is 28.9. The Kier molecular flexibility index (Phi) is 9.48. The molecule has 0 radical (unpaired) electrons. The Morgan fingerprint density at radius 1 is 1.03 bits per heavy atom. The standard InChI is InChI=1S/C29H37N5O4.ClH/c1-20(30)21-4-7-24(8-5-21)38-17-3-2-12-32-13-15-33(16-14-32)23-6-9-25-22(18-23)19-34(29(25)37)26-10-11-27(35)31-28(26)36;/h4-9,18,20,26H,2-3,10-17,19,30H2,1H3,(H,31,35,36);1H. The quantitative estimate of drug-likeness (QED) is 0.362. The third-order valence-corrected chi connectivity index (χ3v) is 7.79. The fraction of sp³-hybridized carbons (Fsp3) is 0.483. The minimum atomic E-state index is -0.578. The van der Waals surface area contributed by atoms with Crippen LogP contribution in [-0.2, 0) is 16.1 Å². The van der Waals surface area contributed by atoms with E-state index in [0.29, 0.717) is 25.1 Å². The fourth-order valence-electron chi connectivity index (χ4n) is 5.48. The molecule has 2 aromatic carbocycles. The lowest BCUT2D eigenvalue weighted by Gasteiger charge is -2.36. The van der Waals surface area contributed by atoms with Gasteiger partial charge in [0.15, 0.2) is 0 Å². The van der Waals surface area contributed by atoms with Crippen LogP contribution in [0.2, 0.25) is 0 Å². The van der Waals surface area contributed by atoms with Gasteiger partial charge in [0.25, 0.3) is 5.91 Å². The van der Waals surface area contributed by atoms with Crippen LogP contribution in [0.3, 0.4) is 0 Å². The largest absolute Gasteiger partial charge is 0.494 e. The molecule has 3 amide bonds. The van der Waals surface area contributed by atoms with Gasteiger partial charge in [-0.15, -0.1) is 12.4 Å². The molecule has 2 unspecified atom stereocenters. The molecule has 9 nitrogen and oxygen atoms in total. The lowest BCUT2D eigenvalue weighted by molar-refractivity contribution is -0.136. The summed E-state index contributed by atoms with van der Waals surface area (Å²) in [5, 5.41) is 2.36. The number of nitrogens with two attached hydrogens (primary N) is 1. The molecule has 0 spiro atoms. The first-order valence-corrected chi connectivity index (χ1v) is 13.6. The summed E-state index contributed by atoms with van der Waals surface area (Å²) in [6.45, 7) is 8.02. The van der Waals surface area contributed by atoms with Crippen LogP contribution in [0.4, 0.5) is 5.69 Å². The van der Waals surface area contributed by atoms with Gasteiger partial charge < -0.3 is 20.3 Å². The van der Waals surface area contributed by atoms with Gasteiger partial charge in [0, 0.05) is 56.4 Å². The smallest absolute Gasteiger partial charge is 0.255 e. The molecule has 0 saturated carbocycles. The molecule has 0 bridgehead atoms. The molecule has 3 heterocycles. The van der Waals surface area contributed by atoms with Crippen molar-refractivity contribution in [3.63, 3.8) is 0 Å². The molecule has 2 aromatic rings. The van der Waals surface area contributed by atoms with E-state index in [-0.39, 0.29) is 42.6 Å². The number of ether oxygens (including phenoxy) is 1. The summed E-state index contributed by atoms with van der Waals surface area (Å²) in [4.78, 5) is 43.2. The van der Waals surface area contributed by atoms with Gasteiger partial charge >= 0.3 is 0 Å². The second-order valence-corrected chi connectivity index (χ2v) is 10.5. The van der Waals surface area contributed by atoms with Crippen molar-refractivity contribution >= 4 is 35.8 Å². The van der Waals surface area contributed by atoms with Gasteiger partial charge in [-0.1, -0.05) is 12.1 Å². The van der Waals surface area contributed by atoms with Crippen molar-refractivity contribution in [3.8, 4) is 5.75 Å². The van der Waals surface area contributed by atoms with E-state index in [1.807, 2.05) is 43.3 Å². The highest BCUT2D eigenvalue weighted by Crippen LogP contribution is 2.31. The van der Waals surface area contributed by atoms with E-state index >= 15 is 0 Å². The first-order chi connectivity index (χ1) is 18.4. The highest BCUT2D eigenvalue weighted by Gasteiger charge is 2.39. The van der Waals surface area contributed by atoms with Gasteiger partial charge in [0.2, 0.25) is 11.8 Å². The maximum absolute atomic E-state index is 12.9. The number of nitrogens with zero attached hydrogens (tertiary/aromatic N) is 3. The number of hydrogen-bond acceptors (Lipinski definition) is 7. The number of piperazine rings is 1. The Hall–Kier alpha value is -3.14. The van der Waals surface area contributed by atoms with Crippen molar-refractivity contribution in [2.24, 2.45) is 5.73 Å². The zero-order chi connectivity index (χ0) is 26.6. The molecule has 0 aromatic heterocycles. The number of nitrogens with one attached hydrogen (secondary N) is 1. The van der Waals surface area contributed by atoms with Crippen LogP contribution in [0.25, 0.3) is 0 Å². The Balaban J connectivity index is 0.00000353. The van der Waals surface area contributed by atoms with Crippen molar-refractivity contribution in [2.75, 3.05) is 44.2 Å². The van der Waals surface area contributed by atoms with Crippen molar-refractivity contribution in [3.05, 3.63) is 59.2 Å². The summed E-state index contributed by atoms with van der Waals surface area (Å²) in [5.41, 5.74) is 9.73. The van der Waals surface area contributed by atoms with Gasteiger partial charge in [0.05, 0.1) is 6.61 Å². The number of halogens is 1. The van der Waals surface area contributed by atoms with Gasteiger partial charge in [-0.3, -0.25) is 24.6 Å². The molecule has 3 N–H and O–H groups in total. The van der Waals surface area contributed by atoms with Crippen LogP contribution in [-0.4, -0.2) is 72.9 Å². The van der Waals surface area contributed by atoms with Crippen molar-refractivity contribution in [1.29, 1.82) is 0 Å². The number of carbonyl (C=O) groups excluding carboxylic acids is 3. The Bertz CT molecular complexity index is 1180. The Labute approximate surface area is 236 Å². The molecule has 5 rings (SSSR count). The molecule has 2 fully saturated rings. The zero-order valence-corrected chi connectivity index (χ0v) is 23.3. The van der Waals surface area contributed by atoms with Crippen LogP contribution in [0.5, 0.6) is 5.75 Å². The van der Waals surface area contributed by atoms with Gasteiger partial charge in [-0.2, -0.15) is 0 Å². The molecule has 0 aliphatic carbocycles. The number of unbranched alkanes of at least 4 members (excludes halogenated alkanes) is 1. The third-order valence-electron chi connectivity index (χ3n) is 7.79. The summed E-state index contributed by atoms with van der Waals surface area (Å²) in [5.74, 6) is 0.117. The lowest BCUT2D eigenvalue weighted by Crippen LogP contribution is -2.52. The number of imide groups is 1. The molecule has 10 heteroatoms. The van der Waals surface area contributed by atoms with E-state index in [2.05, 4.69) is 21.2 Å². The average Bonchev–Trinajstić information content (AvgIpc) is 3.24. The molecule has 210 valence electrons. The summed E-state index contributed by atoms with van der Waals surface area (Å²) in [6.07, 6.45) is 2.75. The number of piperidine rings is 1. The number of benzene rings is 2. The third kappa shape index (κ3) is 6.72. The minimum Gasteiger partial charge on any atom is -0.494 e.